The van der Waals surface area contributed by atoms with Crippen LogP contribution >= 0.6 is 0 Å². The van der Waals surface area contributed by atoms with Crippen LogP contribution in [0.3, 0.4) is 0 Å². The molecule has 2 atom stereocenters. The zero-order chi connectivity index (χ0) is 26.8. The van der Waals surface area contributed by atoms with Crippen LogP contribution in [0.15, 0.2) is 125 Å². The third-order valence-electron chi connectivity index (χ3n) is 7.17. The molecule has 192 valence electrons. The van der Waals surface area contributed by atoms with Crippen LogP contribution in [0.4, 0.5) is 0 Å². The monoisotopic (exact) mass is 514 g/mol. The SMILES string of the molecule is COc1cccc(/C=C2/C(c3ccccc3)=NC(c3cccc(OC)c3)C23C(=O)ON=C3c2ccccc2)c1. The van der Waals surface area contributed by atoms with Crippen molar-refractivity contribution >= 4 is 23.5 Å². The maximum absolute atomic E-state index is 14.1. The molecule has 2 heterocycles. The Balaban J connectivity index is 1.67. The summed E-state index contributed by atoms with van der Waals surface area (Å²) in [5.41, 5.74) is 3.96. The lowest BCUT2D eigenvalue weighted by atomic mass is 9.67. The van der Waals surface area contributed by atoms with E-state index in [1.165, 1.54) is 0 Å². The van der Waals surface area contributed by atoms with E-state index < -0.39 is 17.4 Å². The van der Waals surface area contributed by atoms with E-state index in [4.69, 9.17) is 19.3 Å². The number of ether oxygens (including phenoxy) is 2. The maximum atomic E-state index is 14.1. The lowest BCUT2D eigenvalue weighted by Crippen LogP contribution is -2.41. The van der Waals surface area contributed by atoms with Crippen LogP contribution in [0, 0.1) is 5.41 Å². The van der Waals surface area contributed by atoms with Gasteiger partial charge in [0, 0.05) is 16.7 Å². The van der Waals surface area contributed by atoms with Crippen LogP contribution in [0.25, 0.3) is 6.08 Å². The number of aliphatic imine (C=N–C) groups is 1. The summed E-state index contributed by atoms with van der Waals surface area (Å²) in [7, 11) is 3.25. The average molecular weight is 515 g/mol. The number of oxime groups is 1. The van der Waals surface area contributed by atoms with Gasteiger partial charge in [0.2, 0.25) is 0 Å². The van der Waals surface area contributed by atoms with Crippen molar-refractivity contribution in [3.05, 3.63) is 137 Å². The standard InChI is InChI=1S/C33H26N2O4/c1-37-26-17-9-11-22(19-26)20-28-29(23-12-5-3-6-13-23)34-30(25-16-10-18-27(21-25)38-2)33(28)31(35-39-32(33)36)24-14-7-4-8-15-24/h3-21,30H,1-2H3/b28-20-. The van der Waals surface area contributed by atoms with Gasteiger partial charge in [0.25, 0.3) is 0 Å². The summed E-state index contributed by atoms with van der Waals surface area (Å²) in [6.07, 6.45) is 2.00. The molecule has 0 saturated heterocycles. The molecule has 0 bridgehead atoms. The predicted octanol–water partition coefficient (Wildman–Crippen LogP) is 6.28. The minimum atomic E-state index is -1.33. The molecule has 0 N–H and O–H groups in total. The Morgan fingerprint density at radius 3 is 2.10 bits per heavy atom. The van der Waals surface area contributed by atoms with E-state index in [9.17, 15) is 4.79 Å². The van der Waals surface area contributed by atoms with Crippen LogP contribution in [-0.4, -0.2) is 31.6 Å². The molecule has 0 saturated carbocycles. The molecule has 6 rings (SSSR count). The number of nitrogens with zero attached hydrogens (tertiary/aromatic N) is 2. The molecule has 39 heavy (non-hydrogen) atoms. The Kier molecular flexibility index (Phi) is 6.29. The first-order chi connectivity index (χ1) is 19.1. The summed E-state index contributed by atoms with van der Waals surface area (Å²) in [6, 6.07) is 34.3. The van der Waals surface area contributed by atoms with Gasteiger partial charge in [-0.15, -0.1) is 0 Å². The van der Waals surface area contributed by atoms with Crippen molar-refractivity contribution in [2.24, 2.45) is 15.6 Å². The molecular weight excluding hydrogens is 488 g/mol. The van der Waals surface area contributed by atoms with Gasteiger partial charge in [-0.05, 0) is 41.5 Å². The lowest BCUT2D eigenvalue weighted by molar-refractivity contribution is -0.147. The quantitative estimate of drug-likeness (QED) is 0.284. The van der Waals surface area contributed by atoms with Crippen LogP contribution in [-0.2, 0) is 9.63 Å². The second-order valence-corrected chi connectivity index (χ2v) is 9.35. The Labute approximate surface area is 226 Å². The van der Waals surface area contributed by atoms with Gasteiger partial charge in [-0.25, -0.2) is 4.79 Å². The third kappa shape index (κ3) is 4.10. The average Bonchev–Trinajstić information content (AvgIpc) is 3.52. The molecule has 0 aromatic heterocycles. The minimum absolute atomic E-state index is 0.474. The minimum Gasteiger partial charge on any atom is -0.497 e. The number of carbonyl (C=O) groups excluding carboxylic acids is 1. The fourth-order valence-corrected chi connectivity index (χ4v) is 5.35. The van der Waals surface area contributed by atoms with Gasteiger partial charge in [-0.3, -0.25) is 4.99 Å². The summed E-state index contributed by atoms with van der Waals surface area (Å²) in [4.78, 5) is 24.9. The Morgan fingerprint density at radius 1 is 0.769 bits per heavy atom. The maximum Gasteiger partial charge on any atom is 0.354 e. The number of hydrogen-bond donors (Lipinski definition) is 0. The molecule has 6 nitrogen and oxygen atoms in total. The smallest absolute Gasteiger partial charge is 0.354 e. The lowest BCUT2D eigenvalue weighted by Gasteiger charge is -2.29. The highest BCUT2D eigenvalue weighted by Crippen LogP contribution is 2.56. The van der Waals surface area contributed by atoms with Crippen LogP contribution in [0.5, 0.6) is 11.5 Å². The first kappa shape index (κ1) is 24.4. The highest BCUT2D eigenvalue weighted by atomic mass is 16.7. The molecule has 0 aliphatic carbocycles. The van der Waals surface area contributed by atoms with Gasteiger partial charge in [0.1, 0.15) is 23.3 Å². The first-order valence-corrected chi connectivity index (χ1v) is 12.6. The zero-order valence-electron chi connectivity index (χ0n) is 21.6. The molecule has 0 radical (unpaired) electrons. The van der Waals surface area contributed by atoms with Crippen molar-refractivity contribution in [2.45, 2.75) is 6.04 Å². The fourth-order valence-electron chi connectivity index (χ4n) is 5.35. The molecule has 1 spiro atoms. The molecule has 0 amide bonds. The summed E-state index contributed by atoms with van der Waals surface area (Å²) >= 11 is 0. The summed E-state index contributed by atoms with van der Waals surface area (Å²) < 4.78 is 11.0. The molecule has 2 unspecified atom stereocenters. The van der Waals surface area contributed by atoms with Crippen molar-refractivity contribution in [2.75, 3.05) is 14.2 Å². The number of methoxy groups -OCH3 is 2. The summed E-state index contributed by atoms with van der Waals surface area (Å²) in [5.74, 6) is 0.914. The largest absolute Gasteiger partial charge is 0.497 e. The number of carbonyl (C=O) groups is 1. The van der Waals surface area contributed by atoms with Gasteiger partial charge in [-0.1, -0.05) is 90.1 Å². The highest BCUT2D eigenvalue weighted by molar-refractivity contribution is 6.32. The van der Waals surface area contributed by atoms with Crippen molar-refractivity contribution < 1.29 is 19.1 Å². The van der Waals surface area contributed by atoms with Gasteiger partial charge in [0.05, 0.1) is 19.9 Å². The van der Waals surface area contributed by atoms with E-state index in [-0.39, 0.29) is 0 Å². The Morgan fingerprint density at radius 2 is 1.41 bits per heavy atom. The molecule has 2 aliphatic rings. The highest BCUT2D eigenvalue weighted by Gasteiger charge is 2.63. The van der Waals surface area contributed by atoms with Crippen molar-refractivity contribution in [1.29, 1.82) is 0 Å². The number of rotatable bonds is 6. The topological polar surface area (TPSA) is 69.5 Å². The van der Waals surface area contributed by atoms with E-state index >= 15 is 0 Å². The normalized spacial score (nSPS) is 21.0. The molecule has 6 heteroatoms. The van der Waals surface area contributed by atoms with E-state index in [0.29, 0.717) is 28.5 Å². The molecule has 2 aliphatic heterocycles. The summed E-state index contributed by atoms with van der Waals surface area (Å²) in [6.45, 7) is 0. The fraction of sp³-hybridized carbons (Fsp3) is 0.121. The van der Waals surface area contributed by atoms with Crippen LogP contribution in [0.2, 0.25) is 0 Å². The van der Waals surface area contributed by atoms with E-state index in [1.54, 1.807) is 14.2 Å². The van der Waals surface area contributed by atoms with Gasteiger partial charge < -0.3 is 14.3 Å². The second kappa shape index (κ2) is 10.1. The van der Waals surface area contributed by atoms with E-state index in [1.807, 2.05) is 115 Å². The van der Waals surface area contributed by atoms with Gasteiger partial charge in [-0.2, -0.15) is 0 Å². The van der Waals surface area contributed by atoms with Crippen molar-refractivity contribution in [3.63, 3.8) is 0 Å². The summed E-state index contributed by atoms with van der Waals surface area (Å²) in [5, 5.41) is 4.39. The predicted molar refractivity (Wildman–Crippen MR) is 151 cm³/mol. The number of benzene rings is 4. The Bertz CT molecular complexity index is 1630. The number of hydrogen-bond acceptors (Lipinski definition) is 6. The first-order valence-electron chi connectivity index (χ1n) is 12.6. The molecule has 0 fully saturated rings. The van der Waals surface area contributed by atoms with Gasteiger partial charge in [0.15, 0.2) is 5.41 Å². The molecular formula is C33H26N2O4. The van der Waals surface area contributed by atoms with Gasteiger partial charge >= 0.3 is 5.97 Å². The Hall–Kier alpha value is -4.97. The molecule has 4 aromatic carbocycles. The van der Waals surface area contributed by atoms with Crippen molar-refractivity contribution in [3.8, 4) is 11.5 Å². The second-order valence-electron chi connectivity index (χ2n) is 9.35. The van der Waals surface area contributed by atoms with E-state index in [2.05, 4.69) is 5.16 Å². The third-order valence-corrected chi connectivity index (χ3v) is 7.17. The van der Waals surface area contributed by atoms with E-state index in [0.717, 1.165) is 22.3 Å². The van der Waals surface area contributed by atoms with Crippen LogP contribution < -0.4 is 9.47 Å². The van der Waals surface area contributed by atoms with Crippen molar-refractivity contribution in [1.82, 2.24) is 0 Å². The zero-order valence-corrected chi connectivity index (χ0v) is 21.6. The molecule has 4 aromatic rings. The van der Waals surface area contributed by atoms with Crippen LogP contribution in [0.1, 0.15) is 28.3 Å².